The molecule has 0 spiro atoms. The Hall–Kier alpha value is -1.36. The van der Waals surface area contributed by atoms with Crippen LogP contribution >= 0.6 is 0 Å². The van der Waals surface area contributed by atoms with Gasteiger partial charge in [-0.25, -0.2) is 8.42 Å². The zero-order valence-corrected chi connectivity index (χ0v) is 13.3. The maximum atomic E-state index is 12.1. The maximum Gasteiger partial charge on any atom is 0.235 e. The maximum absolute atomic E-state index is 12.1. The molecule has 1 fully saturated rings. The van der Waals surface area contributed by atoms with Crippen LogP contribution in [0.1, 0.15) is 43.2 Å². The van der Waals surface area contributed by atoms with E-state index in [9.17, 15) is 13.2 Å². The number of hydrogen-bond acceptors (Lipinski definition) is 3. The summed E-state index contributed by atoms with van der Waals surface area (Å²) in [5.41, 5.74) is 1.71. The molecule has 1 amide bonds. The quantitative estimate of drug-likeness (QED) is 0.908. The highest BCUT2D eigenvalue weighted by Crippen LogP contribution is 2.17. The van der Waals surface area contributed by atoms with Gasteiger partial charge in [-0.3, -0.25) is 4.79 Å². The summed E-state index contributed by atoms with van der Waals surface area (Å²) in [5.74, 6) is -0.856. The van der Waals surface area contributed by atoms with Crippen LogP contribution in [-0.4, -0.2) is 26.1 Å². The monoisotopic (exact) mass is 309 g/mol. The van der Waals surface area contributed by atoms with E-state index in [0.717, 1.165) is 36.8 Å². The van der Waals surface area contributed by atoms with E-state index in [0.29, 0.717) is 0 Å². The summed E-state index contributed by atoms with van der Waals surface area (Å²) >= 11 is 0. The predicted molar refractivity (Wildman–Crippen MR) is 83.7 cm³/mol. The summed E-state index contributed by atoms with van der Waals surface area (Å²) in [6.45, 7) is 1.88. The third-order valence-corrected chi connectivity index (χ3v) is 5.41. The average molecular weight is 309 g/mol. The number of rotatable bonds is 5. The van der Waals surface area contributed by atoms with Crippen molar-refractivity contribution >= 4 is 15.7 Å². The number of sulfone groups is 1. The van der Waals surface area contributed by atoms with Crippen LogP contribution in [-0.2, 0) is 20.4 Å². The number of benzene rings is 1. The van der Waals surface area contributed by atoms with E-state index >= 15 is 0 Å². The third kappa shape index (κ3) is 5.16. The zero-order chi connectivity index (χ0) is 15.3. The fraction of sp³-hybridized carbons (Fsp3) is 0.562. The third-order valence-electron chi connectivity index (χ3n) is 3.96. The van der Waals surface area contributed by atoms with E-state index in [1.165, 1.54) is 6.42 Å². The molecule has 0 aliphatic heterocycles. The van der Waals surface area contributed by atoms with Gasteiger partial charge in [-0.05, 0) is 30.9 Å². The summed E-state index contributed by atoms with van der Waals surface area (Å²) in [7, 11) is -3.42. The molecule has 0 unspecified atom stereocenters. The first-order chi connectivity index (χ1) is 9.96. The van der Waals surface area contributed by atoms with Crippen LogP contribution in [0.3, 0.4) is 0 Å². The molecule has 0 heterocycles. The van der Waals surface area contributed by atoms with Crippen LogP contribution in [0.15, 0.2) is 24.3 Å². The van der Waals surface area contributed by atoms with Crippen LogP contribution in [0.4, 0.5) is 0 Å². The Bertz CT molecular complexity index is 589. The fourth-order valence-corrected chi connectivity index (χ4v) is 4.16. The van der Waals surface area contributed by atoms with Gasteiger partial charge in [0.25, 0.3) is 0 Å². The van der Waals surface area contributed by atoms with Crippen molar-refractivity contribution in [1.29, 1.82) is 0 Å². The molecule has 2 rings (SSSR count). The molecule has 1 aromatic rings. The number of carbonyl (C=O) groups is 1. The van der Waals surface area contributed by atoms with E-state index in [2.05, 4.69) is 5.32 Å². The van der Waals surface area contributed by atoms with Gasteiger partial charge < -0.3 is 5.32 Å². The average Bonchev–Trinajstić information content (AvgIpc) is 2.41. The van der Waals surface area contributed by atoms with Gasteiger partial charge in [-0.2, -0.15) is 0 Å². The molecule has 1 N–H and O–H groups in total. The molecule has 1 aliphatic rings. The molecule has 21 heavy (non-hydrogen) atoms. The van der Waals surface area contributed by atoms with Gasteiger partial charge in [0, 0.05) is 6.04 Å². The highest BCUT2D eigenvalue weighted by atomic mass is 32.2. The molecule has 5 heteroatoms. The van der Waals surface area contributed by atoms with Crippen molar-refractivity contribution in [3.8, 4) is 0 Å². The Morgan fingerprint density at radius 3 is 2.52 bits per heavy atom. The summed E-state index contributed by atoms with van der Waals surface area (Å²) in [6.07, 6.45) is 5.35. The first kappa shape index (κ1) is 16.0. The summed E-state index contributed by atoms with van der Waals surface area (Å²) < 4.78 is 24.3. The van der Waals surface area contributed by atoms with Gasteiger partial charge in [0.2, 0.25) is 5.91 Å². The van der Waals surface area contributed by atoms with Crippen LogP contribution in [0.5, 0.6) is 0 Å². The number of hydrogen-bond donors (Lipinski definition) is 1. The SMILES string of the molecule is Cc1ccccc1CS(=O)(=O)CC(=O)NC1CCCCC1. The number of aryl methyl sites for hydroxylation is 1. The summed E-state index contributed by atoms with van der Waals surface area (Å²) in [6, 6.07) is 7.53. The lowest BCUT2D eigenvalue weighted by Crippen LogP contribution is -2.39. The van der Waals surface area contributed by atoms with E-state index in [1.54, 1.807) is 6.07 Å². The molecule has 1 aliphatic carbocycles. The van der Waals surface area contributed by atoms with Crippen molar-refractivity contribution < 1.29 is 13.2 Å². The molecule has 0 bridgehead atoms. The van der Waals surface area contributed by atoms with Crippen LogP contribution < -0.4 is 5.32 Å². The van der Waals surface area contributed by atoms with Crippen LogP contribution in [0.25, 0.3) is 0 Å². The Kier molecular flexibility index (Phi) is 5.39. The smallest absolute Gasteiger partial charge is 0.235 e. The largest absolute Gasteiger partial charge is 0.352 e. The molecular weight excluding hydrogens is 286 g/mol. The van der Waals surface area contributed by atoms with Crippen LogP contribution in [0.2, 0.25) is 0 Å². The Morgan fingerprint density at radius 2 is 1.86 bits per heavy atom. The van der Waals surface area contributed by atoms with Gasteiger partial charge in [0.05, 0.1) is 5.75 Å². The van der Waals surface area contributed by atoms with Crippen molar-refractivity contribution in [3.05, 3.63) is 35.4 Å². The van der Waals surface area contributed by atoms with Crippen molar-refractivity contribution in [2.24, 2.45) is 0 Å². The molecule has 0 saturated heterocycles. The predicted octanol–water partition coefficient (Wildman–Crippen LogP) is 2.36. The Labute approximate surface area is 126 Å². The first-order valence-electron chi connectivity index (χ1n) is 7.50. The highest BCUT2D eigenvalue weighted by molar-refractivity contribution is 7.91. The molecule has 1 aromatic carbocycles. The van der Waals surface area contributed by atoms with Crippen molar-refractivity contribution in [1.82, 2.24) is 5.32 Å². The van der Waals surface area contributed by atoms with Gasteiger partial charge in [0.15, 0.2) is 9.84 Å². The molecule has 0 aromatic heterocycles. The second-order valence-corrected chi connectivity index (χ2v) is 7.93. The van der Waals surface area contributed by atoms with Gasteiger partial charge >= 0.3 is 0 Å². The lowest BCUT2D eigenvalue weighted by atomic mass is 9.95. The second kappa shape index (κ2) is 7.07. The molecule has 4 nitrogen and oxygen atoms in total. The van der Waals surface area contributed by atoms with Crippen LogP contribution in [0, 0.1) is 6.92 Å². The summed E-state index contributed by atoms with van der Waals surface area (Å²) in [5, 5.41) is 2.86. The molecule has 0 radical (unpaired) electrons. The standard InChI is InChI=1S/C16H23NO3S/c1-13-7-5-6-8-14(13)11-21(19,20)12-16(18)17-15-9-3-2-4-10-15/h5-8,15H,2-4,9-12H2,1H3,(H,17,18). The van der Waals surface area contributed by atoms with Crippen molar-refractivity contribution in [2.75, 3.05) is 5.75 Å². The molecule has 1 saturated carbocycles. The van der Waals surface area contributed by atoms with Gasteiger partial charge in [-0.15, -0.1) is 0 Å². The molecule has 0 atom stereocenters. The van der Waals surface area contributed by atoms with Gasteiger partial charge in [-0.1, -0.05) is 43.5 Å². The number of carbonyl (C=O) groups excluding carboxylic acids is 1. The summed E-state index contributed by atoms with van der Waals surface area (Å²) in [4.78, 5) is 11.9. The molecule has 116 valence electrons. The number of nitrogens with one attached hydrogen (secondary N) is 1. The zero-order valence-electron chi connectivity index (χ0n) is 12.5. The van der Waals surface area contributed by atoms with Crippen molar-refractivity contribution in [3.63, 3.8) is 0 Å². The van der Waals surface area contributed by atoms with E-state index in [4.69, 9.17) is 0 Å². The minimum absolute atomic E-state index is 0.0717. The normalized spacial score (nSPS) is 16.6. The minimum atomic E-state index is -3.42. The van der Waals surface area contributed by atoms with E-state index in [-0.39, 0.29) is 17.7 Å². The number of amides is 1. The van der Waals surface area contributed by atoms with Crippen molar-refractivity contribution in [2.45, 2.75) is 50.8 Å². The topological polar surface area (TPSA) is 63.2 Å². The second-order valence-electron chi connectivity index (χ2n) is 5.86. The first-order valence-corrected chi connectivity index (χ1v) is 9.33. The fourth-order valence-electron chi connectivity index (χ4n) is 2.78. The lowest BCUT2D eigenvalue weighted by Gasteiger charge is -2.22. The lowest BCUT2D eigenvalue weighted by molar-refractivity contribution is -0.119. The van der Waals surface area contributed by atoms with E-state index in [1.807, 2.05) is 25.1 Å². The Balaban J connectivity index is 1.91. The minimum Gasteiger partial charge on any atom is -0.352 e. The van der Waals surface area contributed by atoms with Gasteiger partial charge in [0.1, 0.15) is 5.75 Å². The highest BCUT2D eigenvalue weighted by Gasteiger charge is 2.21. The van der Waals surface area contributed by atoms with E-state index < -0.39 is 15.6 Å². The molecular formula is C16H23NO3S. The Morgan fingerprint density at radius 1 is 1.19 bits per heavy atom.